The van der Waals surface area contributed by atoms with Gasteiger partial charge in [0.15, 0.2) is 6.61 Å². The van der Waals surface area contributed by atoms with E-state index in [2.05, 4.69) is 32.0 Å². The Balaban J connectivity index is 1.22. The predicted molar refractivity (Wildman–Crippen MR) is 150 cm³/mol. The highest BCUT2D eigenvalue weighted by Gasteiger charge is 2.55. The molecule has 3 unspecified atom stereocenters. The summed E-state index contributed by atoms with van der Waals surface area (Å²) >= 11 is 0. The Labute approximate surface area is 243 Å². The van der Waals surface area contributed by atoms with Gasteiger partial charge < -0.3 is 25.4 Å². The van der Waals surface area contributed by atoms with E-state index in [0.29, 0.717) is 41.2 Å². The lowest BCUT2D eigenvalue weighted by atomic mass is 9.48. The number of hydrogen-bond acceptors (Lipinski definition) is 8. The van der Waals surface area contributed by atoms with Gasteiger partial charge in [-0.15, -0.1) is 0 Å². The van der Waals surface area contributed by atoms with Gasteiger partial charge in [-0.1, -0.05) is 18.2 Å². The van der Waals surface area contributed by atoms with Crippen molar-refractivity contribution in [3.05, 3.63) is 41.6 Å². The molecule has 0 aliphatic heterocycles. The van der Waals surface area contributed by atoms with Gasteiger partial charge in [-0.05, 0) is 82.1 Å². The Kier molecular flexibility index (Phi) is 8.14. The van der Waals surface area contributed by atoms with Crippen molar-refractivity contribution >= 4 is 17.9 Å². The lowest BCUT2D eigenvalue weighted by Gasteiger charge is -2.60. The summed E-state index contributed by atoms with van der Waals surface area (Å²) < 4.78 is 48.5. The van der Waals surface area contributed by atoms with E-state index >= 15 is 0 Å². The summed E-state index contributed by atoms with van der Waals surface area (Å²) in [7, 11) is 0. The molecule has 4 saturated carbocycles. The van der Waals surface area contributed by atoms with Crippen molar-refractivity contribution in [2.75, 3.05) is 23.8 Å². The molecule has 0 spiro atoms. The molecule has 5 atom stereocenters. The number of ether oxygens (including phenoxy) is 2. The lowest BCUT2D eigenvalue weighted by Crippen LogP contribution is -2.60. The standard InChI is InChI=1S/C30H37F3N6O3/c1-28(2,3)42-27(40)38-24-20-8-18-9-21(24)12-29(10-18,11-20)16-37-25-22(13-34)15-36-26(39-25)35-14-19-6-4-5-7-23(19)41-17-30(31,32)33/h4-7,15,18,20-21,24H,8-12,14,16-17H2,1-3H3,(H,38,40)(H2,35,36,37,39)/t18?,20-,21+,24?,29?. The topological polar surface area (TPSA) is 121 Å². The SMILES string of the molecule is CC(C)(C)OC(=O)NC1[C@@H]2CC3C[C@H]1CC(CNc1nc(NCc4ccccc4OCC(F)(F)F)ncc1C#N)(C3)C2. The van der Waals surface area contributed by atoms with E-state index in [0.717, 1.165) is 32.1 Å². The van der Waals surface area contributed by atoms with Crippen LogP contribution in [0.2, 0.25) is 0 Å². The van der Waals surface area contributed by atoms with E-state index in [9.17, 15) is 23.2 Å². The summed E-state index contributed by atoms with van der Waals surface area (Å²) in [5.74, 6) is 2.14. The molecule has 4 fully saturated rings. The second-order valence-corrected chi connectivity index (χ2v) is 12.9. The Morgan fingerprint density at radius 3 is 2.50 bits per heavy atom. The maximum absolute atomic E-state index is 12.7. The summed E-state index contributed by atoms with van der Waals surface area (Å²) in [6.07, 6.45) is 1.87. The first kappa shape index (κ1) is 29.7. The third-order valence-electron chi connectivity index (χ3n) is 8.42. The molecule has 4 bridgehead atoms. The fourth-order valence-electron chi connectivity index (χ4n) is 7.17. The molecule has 12 heteroatoms. The van der Waals surface area contributed by atoms with Gasteiger partial charge in [-0.2, -0.15) is 23.4 Å². The number of alkyl carbamates (subject to hydrolysis) is 1. The molecule has 0 saturated heterocycles. The third kappa shape index (κ3) is 7.17. The number of amides is 1. The van der Waals surface area contributed by atoms with Crippen LogP contribution in [-0.2, 0) is 11.3 Å². The fourth-order valence-corrected chi connectivity index (χ4v) is 7.17. The van der Waals surface area contributed by atoms with E-state index in [1.807, 2.05) is 20.8 Å². The highest BCUT2D eigenvalue weighted by molar-refractivity contribution is 5.68. The molecule has 1 aromatic heterocycles. The largest absolute Gasteiger partial charge is 0.484 e. The Morgan fingerprint density at radius 2 is 1.83 bits per heavy atom. The third-order valence-corrected chi connectivity index (χ3v) is 8.42. The maximum atomic E-state index is 12.7. The van der Waals surface area contributed by atoms with Crippen LogP contribution in [-0.4, -0.2) is 47.0 Å². The van der Waals surface area contributed by atoms with Gasteiger partial charge in [0.25, 0.3) is 0 Å². The van der Waals surface area contributed by atoms with Gasteiger partial charge >= 0.3 is 12.3 Å². The first-order chi connectivity index (χ1) is 19.8. The number of aromatic nitrogens is 2. The number of benzene rings is 1. The van der Waals surface area contributed by atoms with Gasteiger partial charge in [0, 0.05) is 24.7 Å². The van der Waals surface area contributed by atoms with Crippen LogP contribution in [0, 0.1) is 34.5 Å². The van der Waals surface area contributed by atoms with E-state index < -0.39 is 18.4 Å². The number of para-hydroxylation sites is 1. The normalized spacial score (nSPS) is 26.3. The van der Waals surface area contributed by atoms with E-state index in [1.54, 1.807) is 18.2 Å². The Morgan fingerprint density at radius 1 is 1.12 bits per heavy atom. The summed E-state index contributed by atoms with van der Waals surface area (Å²) in [6.45, 7) is 4.99. The molecule has 42 heavy (non-hydrogen) atoms. The Bertz CT molecular complexity index is 1320. The minimum atomic E-state index is -4.44. The molecule has 4 aliphatic rings. The van der Waals surface area contributed by atoms with Crippen LogP contribution in [0.1, 0.15) is 64.0 Å². The van der Waals surface area contributed by atoms with Crippen LogP contribution in [0.3, 0.4) is 0 Å². The Hall–Kier alpha value is -3.75. The van der Waals surface area contributed by atoms with E-state index in [-0.39, 0.29) is 35.8 Å². The molecule has 2 aromatic rings. The summed E-state index contributed by atoms with van der Waals surface area (Å²) in [5.41, 5.74) is 0.327. The van der Waals surface area contributed by atoms with Crippen molar-refractivity contribution < 1.29 is 27.4 Å². The van der Waals surface area contributed by atoms with Crippen molar-refractivity contribution in [3.8, 4) is 11.8 Å². The number of carbonyl (C=O) groups excluding carboxylic acids is 1. The quantitative estimate of drug-likeness (QED) is 0.326. The van der Waals surface area contributed by atoms with Gasteiger partial charge in [-0.25, -0.2) is 9.78 Å². The maximum Gasteiger partial charge on any atom is 0.422 e. The number of nitrogens with one attached hydrogen (secondary N) is 3. The smallest absolute Gasteiger partial charge is 0.422 e. The predicted octanol–water partition coefficient (Wildman–Crippen LogP) is 6.03. The number of anilines is 2. The zero-order chi connectivity index (χ0) is 30.1. The highest BCUT2D eigenvalue weighted by Crippen LogP contribution is 2.60. The number of rotatable bonds is 9. The summed E-state index contributed by atoms with van der Waals surface area (Å²) in [6, 6.07) is 8.71. The number of halogens is 3. The summed E-state index contributed by atoms with van der Waals surface area (Å²) in [4.78, 5) is 21.3. The molecule has 1 heterocycles. The van der Waals surface area contributed by atoms with Crippen LogP contribution in [0.25, 0.3) is 0 Å². The molecule has 226 valence electrons. The number of carbonyl (C=O) groups is 1. The van der Waals surface area contributed by atoms with Crippen molar-refractivity contribution in [1.82, 2.24) is 15.3 Å². The van der Waals surface area contributed by atoms with Gasteiger partial charge in [0.1, 0.15) is 28.8 Å². The van der Waals surface area contributed by atoms with Crippen molar-refractivity contribution in [3.63, 3.8) is 0 Å². The zero-order valence-corrected chi connectivity index (χ0v) is 24.1. The average Bonchev–Trinajstić information content (AvgIpc) is 2.90. The van der Waals surface area contributed by atoms with Gasteiger partial charge in [0.05, 0.1) is 6.20 Å². The van der Waals surface area contributed by atoms with Gasteiger partial charge in [0.2, 0.25) is 5.95 Å². The second kappa shape index (κ2) is 11.5. The number of hydrogen-bond donors (Lipinski definition) is 3. The van der Waals surface area contributed by atoms with Crippen molar-refractivity contribution in [1.29, 1.82) is 5.26 Å². The second-order valence-electron chi connectivity index (χ2n) is 12.9. The fraction of sp³-hybridized carbons (Fsp3) is 0.600. The number of alkyl halides is 3. The molecular formula is C30H37F3N6O3. The van der Waals surface area contributed by atoms with Gasteiger partial charge in [-0.3, -0.25) is 0 Å². The van der Waals surface area contributed by atoms with Crippen LogP contribution in [0.5, 0.6) is 5.75 Å². The van der Waals surface area contributed by atoms with Crippen LogP contribution in [0.4, 0.5) is 29.7 Å². The summed E-state index contributed by atoms with van der Waals surface area (Å²) in [5, 5.41) is 19.3. The first-order valence-electron chi connectivity index (χ1n) is 14.3. The van der Waals surface area contributed by atoms with Crippen molar-refractivity contribution in [2.24, 2.45) is 23.2 Å². The molecule has 4 aliphatic carbocycles. The average molecular weight is 587 g/mol. The number of nitrogens with zero attached hydrogens (tertiary/aromatic N) is 3. The molecule has 1 aromatic carbocycles. The zero-order valence-electron chi connectivity index (χ0n) is 24.1. The minimum absolute atomic E-state index is 0.0443. The van der Waals surface area contributed by atoms with Crippen LogP contribution < -0.4 is 20.7 Å². The highest BCUT2D eigenvalue weighted by atomic mass is 19.4. The van der Waals surface area contributed by atoms with Crippen molar-refractivity contribution in [2.45, 2.75) is 77.2 Å². The molecule has 1 amide bonds. The van der Waals surface area contributed by atoms with E-state index in [4.69, 9.17) is 9.47 Å². The van der Waals surface area contributed by atoms with E-state index in [1.165, 1.54) is 12.3 Å². The minimum Gasteiger partial charge on any atom is -0.484 e. The lowest BCUT2D eigenvalue weighted by molar-refractivity contribution is -0.153. The molecular weight excluding hydrogens is 549 g/mol. The molecule has 0 radical (unpaired) electrons. The first-order valence-corrected chi connectivity index (χ1v) is 14.3. The molecule has 9 nitrogen and oxygen atoms in total. The molecule has 6 rings (SSSR count). The number of nitriles is 1. The molecule has 3 N–H and O–H groups in total. The monoisotopic (exact) mass is 586 g/mol. The van der Waals surface area contributed by atoms with Crippen LogP contribution in [0.15, 0.2) is 30.5 Å². The van der Waals surface area contributed by atoms with Crippen LogP contribution >= 0.6 is 0 Å².